The van der Waals surface area contributed by atoms with E-state index < -0.39 is 21.5 Å². The molecule has 0 aliphatic heterocycles. The molecule has 4 heteroatoms. The fourth-order valence-electron chi connectivity index (χ4n) is 7.84. The van der Waals surface area contributed by atoms with E-state index >= 15 is 0 Å². The van der Waals surface area contributed by atoms with E-state index in [9.17, 15) is 0 Å². The average molecular weight is 688 g/mol. The van der Waals surface area contributed by atoms with Gasteiger partial charge in [0.05, 0.1) is 0 Å². The van der Waals surface area contributed by atoms with Gasteiger partial charge in [-0.25, -0.2) is 0 Å². The van der Waals surface area contributed by atoms with E-state index in [1.807, 2.05) is 0 Å². The molecule has 0 N–H and O–H groups in total. The number of aryl methyl sites for hydroxylation is 1. The van der Waals surface area contributed by atoms with Crippen LogP contribution in [-0.2, 0) is 15.6 Å². The van der Waals surface area contributed by atoms with Crippen LogP contribution in [0.25, 0.3) is 34.4 Å². The van der Waals surface area contributed by atoms with Gasteiger partial charge < -0.3 is 0 Å². The average Bonchev–Trinajstić information content (AvgIpc) is 3.56. The number of hydrogen-bond acceptors (Lipinski definition) is 0. The molecule has 0 spiro atoms. The van der Waals surface area contributed by atoms with Crippen LogP contribution in [-0.4, -0.2) is 5.92 Å². The molecular formula is C38H41Cl2SiZr. The molecule has 0 aromatic heterocycles. The fourth-order valence-corrected chi connectivity index (χ4v) is 40.1. The second kappa shape index (κ2) is 10.9. The molecule has 4 aromatic carbocycles. The number of benzene rings is 4. The van der Waals surface area contributed by atoms with E-state index in [1.54, 1.807) is 0 Å². The Hall–Kier alpha value is -1.96. The Morgan fingerprint density at radius 3 is 1.86 bits per heavy atom. The van der Waals surface area contributed by atoms with Gasteiger partial charge in [0.25, 0.3) is 0 Å². The van der Waals surface area contributed by atoms with Gasteiger partial charge in [0.1, 0.15) is 0 Å². The Bertz CT molecular complexity index is 1750. The normalized spacial score (nSPS) is 18.9. The van der Waals surface area contributed by atoms with Crippen molar-refractivity contribution in [2.75, 3.05) is 0 Å². The van der Waals surface area contributed by atoms with Crippen molar-refractivity contribution in [3.63, 3.8) is 0 Å². The molecule has 2 aliphatic carbocycles. The van der Waals surface area contributed by atoms with E-state index in [0.717, 1.165) is 0 Å². The molecule has 0 bridgehead atoms. The predicted octanol–water partition coefficient (Wildman–Crippen LogP) is 11.9. The van der Waals surface area contributed by atoms with Gasteiger partial charge in [-0.1, -0.05) is 0 Å². The van der Waals surface area contributed by atoms with Gasteiger partial charge in [0, 0.05) is 0 Å². The minimum absolute atomic E-state index is 0.0947. The maximum atomic E-state index is 8.61. The fraction of sp³-hybridized carbons (Fsp3) is 0.263. The monoisotopic (exact) mass is 685 g/mol. The zero-order valence-electron chi connectivity index (χ0n) is 25.8. The molecule has 0 saturated heterocycles. The van der Waals surface area contributed by atoms with E-state index in [-0.39, 0.29) is 7.25 Å². The van der Waals surface area contributed by atoms with E-state index in [1.165, 1.54) is 66.8 Å². The Morgan fingerprint density at radius 2 is 1.29 bits per heavy atom. The third-order valence-corrected chi connectivity index (χ3v) is 62.1. The summed E-state index contributed by atoms with van der Waals surface area (Å²) in [5.74, 6) is -1.26. The molecule has 0 heterocycles. The summed E-state index contributed by atoms with van der Waals surface area (Å²) >= 11 is -4.80. The van der Waals surface area contributed by atoms with Crippen molar-refractivity contribution >= 4 is 35.1 Å². The van der Waals surface area contributed by atoms with E-state index in [4.69, 9.17) is 17.0 Å². The molecule has 0 radical (unpaired) electrons. The van der Waals surface area contributed by atoms with Crippen molar-refractivity contribution in [3.8, 4) is 22.3 Å². The SMILES string of the molecule is CC1=Cc2c(-c3ccccc3)cc(C)c(C)c2[CH]1[Zr]([Cl])([Cl])([CH]1C(C(C)C)=Cc2c(-c3ccccc3)cccc21)[SiH](C)C. The molecule has 2 unspecified atom stereocenters. The first kappa shape index (κ1) is 30.1. The molecule has 0 saturated carbocycles. The Morgan fingerprint density at radius 1 is 0.690 bits per heavy atom. The third-order valence-electron chi connectivity index (χ3n) is 10.2. The van der Waals surface area contributed by atoms with Crippen molar-refractivity contribution < 1.29 is 15.6 Å². The molecule has 0 fully saturated rings. The summed E-state index contributed by atoms with van der Waals surface area (Å²) in [4.78, 5) is 0. The van der Waals surface area contributed by atoms with E-state index in [0.29, 0.717) is 5.92 Å². The van der Waals surface area contributed by atoms with Crippen LogP contribution >= 0.6 is 17.0 Å². The van der Waals surface area contributed by atoms with Crippen LogP contribution < -0.4 is 0 Å². The van der Waals surface area contributed by atoms with Gasteiger partial charge in [0.2, 0.25) is 0 Å². The summed E-state index contributed by atoms with van der Waals surface area (Å²) in [7, 11) is 17.2. The summed E-state index contributed by atoms with van der Waals surface area (Å²) in [6.45, 7) is 16.4. The molecule has 2 aliphatic rings. The number of halogens is 2. The first-order valence-electron chi connectivity index (χ1n) is 15.3. The molecule has 42 heavy (non-hydrogen) atoms. The van der Waals surface area contributed by atoms with Crippen LogP contribution in [0.5, 0.6) is 0 Å². The van der Waals surface area contributed by atoms with Crippen molar-refractivity contribution in [1.29, 1.82) is 0 Å². The number of hydrogen-bond donors (Lipinski definition) is 0. The second-order valence-corrected chi connectivity index (χ2v) is 55.7. The van der Waals surface area contributed by atoms with Gasteiger partial charge in [-0.05, 0) is 0 Å². The second-order valence-electron chi connectivity index (χ2n) is 13.2. The van der Waals surface area contributed by atoms with Gasteiger partial charge in [-0.2, -0.15) is 0 Å². The van der Waals surface area contributed by atoms with Crippen molar-refractivity contribution in [1.82, 2.24) is 0 Å². The first-order valence-corrected chi connectivity index (χ1v) is 31.6. The molecule has 2 atom stereocenters. The molecule has 6 rings (SSSR count). The molecule has 4 aromatic rings. The van der Waals surface area contributed by atoms with Gasteiger partial charge in [-0.3, -0.25) is 0 Å². The predicted molar refractivity (Wildman–Crippen MR) is 186 cm³/mol. The summed E-state index contributed by atoms with van der Waals surface area (Å²) in [6, 6.07) is 30.8. The molecular weight excluding hydrogens is 647 g/mol. The van der Waals surface area contributed by atoms with Crippen LogP contribution in [0.2, 0.25) is 13.1 Å². The maximum absolute atomic E-state index is 8.61. The van der Waals surface area contributed by atoms with Crippen LogP contribution in [0, 0.1) is 19.8 Å². The number of allylic oxidation sites excluding steroid dienone is 2. The van der Waals surface area contributed by atoms with Gasteiger partial charge in [-0.15, -0.1) is 0 Å². The first-order chi connectivity index (χ1) is 19.9. The minimum atomic E-state index is -4.80. The molecule has 0 amide bonds. The summed E-state index contributed by atoms with van der Waals surface area (Å²) < 4.78 is 0.191. The molecule has 215 valence electrons. The third kappa shape index (κ3) is 4.47. The summed E-state index contributed by atoms with van der Waals surface area (Å²) in [5, 5.41) is 0. The van der Waals surface area contributed by atoms with Crippen molar-refractivity contribution in [3.05, 3.63) is 129 Å². The summed E-state index contributed by atoms with van der Waals surface area (Å²) in [6.07, 6.45) is 4.90. The number of rotatable bonds is 6. The van der Waals surface area contributed by atoms with Crippen molar-refractivity contribution in [2.45, 2.75) is 55.0 Å². The van der Waals surface area contributed by atoms with E-state index in [2.05, 4.69) is 145 Å². The Labute approximate surface area is 261 Å². The van der Waals surface area contributed by atoms with Crippen LogP contribution in [0.3, 0.4) is 0 Å². The Kier molecular flexibility index (Phi) is 7.80. The zero-order chi connectivity index (χ0) is 30.0. The molecule has 0 nitrogen and oxygen atoms in total. The van der Waals surface area contributed by atoms with Crippen LogP contribution in [0.1, 0.15) is 61.4 Å². The topological polar surface area (TPSA) is 0 Å². The Balaban J connectivity index is 1.64. The van der Waals surface area contributed by atoms with Gasteiger partial charge in [0.15, 0.2) is 0 Å². The quantitative estimate of drug-likeness (QED) is 0.177. The van der Waals surface area contributed by atoms with Crippen molar-refractivity contribution in [2.24, 2.45) is 5.92 Å². The number of fused-ring (bicyclic) bond motifs is 2. The summed E-state index contributed by atoms with van der Waals surface area (Å²) in [5.41, 5.74) is 15.9. The zero-order valence-corrected chi connectivity index (χ0v) is 30.9. The van der Waals surface area contributed by atoms with Crippen LogP contribution in [0.15, 0.2) is 96.1 Å². The standard InChI is InChI=1S/2C18H17.C2H7Si.2ClH.Zr/c1-12-9-16-14(3)13(2)11-17(18(16)10-12)15-7-5-4-6-8-15;1-13(2)16-11-15-9-6-10-17(18(15)12-16)14-7-4-3-5-8-14;1-3-2;;;/h4-11H,1-3H3;3-13H,1-2H3;3H,1-2H3;2*1H;/q;;;;;+2/p-2. The van der Waals surface area contributed by atoms with Gasteiger partial charge >= 0.3 is 263 Å². The van der Waals surface area contributed by atoms with Crippen LogP contribution in [0.4, 0.5) is 0 Å².